The van der Waals surface area contributed by atoms with Crippen LogP contribution in [0.25, 0.3) is 10.2 Å². The molecule has 4 atom stereocenters. The number of thiazole rings is 1. The van der Waals surface area contributed by atoms with Crippen LogP contribution < -0.4 is 16.8 Å². The number of ether oxygens (including phenoxy) is 1. The molecule has 0 aliphatic carbocycles. The van der Waals surface area contributed by atoms with E-state index in [9.17, 15) is 14.4 Å². The molecule has 1 saturated heterocycles. The first kappa shape index (κ1) is 36.1. The van der Waals surface area contributed by atoms with Gasteiger partial charge < -0.3 is 26.4 Å². The second-order valence-corrected chi connectivity index (χ2v) is 13.8. The number of para-hydroxylation sites is 1. The highest BCUT2D eigenvalue weighted by Gasteiger charge is 2.42. The van der Waals surface area contributed by atoms with Gasteiger partial charge in [-0.25, -0.2) is 4.98 Å². The zero-order chi connectivity index (χ0) is 34.8. The third-order valence-corrected chi connectivity index (χ3v) is 10.2. The van der Waals surface area contributed by atoms with Gasteiger partial charge in [0, 0.05) is 36.9 Å². The van der Waals surface area contributed by atoms with Gasteiger partial charge >= 0.3 is 0 Å². The fourth-order valence-electron chi connectivity index (χ4n) is 6.21. The lowest BCUT2D eigenvalue weighted by molar-refractivity contribution is -0.139. The third-order valence-electron chi connectivity index (χ3n) is 8.86. The number of carbonyl (C=O) groups is 3. The van der Waals surface area contributed by atoms with Crippen molar-refractivity contribution in [2.75, 3.05) is 20.1 Å². The van der Waals surface area contributed by atoms with Gasteiger partial charge in [-0.15, -0.1) is 11.3 Å². The molecule has 258 valence electrons. The Labute approximate surface area is 295 Å². The highest BCUT2D eigenvalue weighted by molar-refractivity contribution is 7.20. The average molecular weight is 703 g/mol. The molecule has 0 spiro atoms. The molecule has 0 unspecified atom stereocenters. The summed E-state index contributed by atoms with van der Waals surface area (Å²) in [6.07, 6.45) is 2.11. The van der Waals surface area contributed by atoms with E-state index in [-0.39, 0.29) is 42.5 Å². The molecule has 3 aromatic carbocycles. The first-order valence-corrected chi connectivity index (χ1v) is 17.8. The number of rotatable bonds is 17. The number of carbonyl (C=O) groups excluding carboxylic acids is 3. The second-order valence-electron chi connectivity index (χ2n) is 12.3. The zero-order valence-electron chi connectivity index (χ0n) is 27.6. The Hall–Kier alpha value is -4.16. The van der Waals surface area contributed by atoms with Crippen LogP contribution in [0.15, 0.2) is 83.9 Å². The van der Waals surface area contributed by atoms with Gasteiger partial charge in [0.1, 0.15) is 0 Å². The number of guanidine groups is 1. The Bertz CT molecular complexity index is 1710. The van der Waals surface area contributed by atoms with Gasteiger partial charge in [0.05, 0.1) is 35.0 Å². The van der Waals surface area contributed by atoms with Gasteiger partial charge in [-0.2, -0.15) is 0 Å². The maximum Gasteiger partial charge on any atom is 0.240 e. The van der Waals surface area contributed by atoms with Crippen molar-refractivity contribution in [3.05, 3.63) is 100 Å². The molecule has 49 heavy (non-hydrogen) atoms. The molecular weight excluding hydrogens is 660 g/mol. The maximum atomic E-state index is 14.2. The van der Waals surface area contributed by atoms with E-state index in [0.29, 0.717) is 55.3 Å². The molecule has 0 bridgehead atoms. The number of benzene rings is 3. The van der Waals surface area contributed by atoms with Crippen LogP contribution in [0.1, 0.15) is 53.0 Å². The van der Waals surface area contributed by atoms with E-state index in [1.807, 2.05) is 66.7 Å². The molecule has 1 aliphatic heterocycles. The average Bonchev–Trinajstić information content (AvgIpc) is 3.75. The van der Waals surface area contributed by atoms with Gasteiger partial charge in [0.2, 0.25) is 5.91 Å². The highest BCUT2D eigenvalue weighted by Crippen LogP contribution is 2.30. The van der Waals surface area contributed by atoms with Gasteiger partial charge in [-0.05, 0) is 68.1 Å². The molecule has 10 nitrogen and oxygen atoms in total. The molecule has 2 heterocycles. The van der Waals surface area contributed by atoms with Crippen LogP contribution in [0, 0.1) is 5.92 Å². The van der Waals surface area contributed by atoms with Crippen molar-refractivity contribution in [2.24, 2.45) is 22.4 Å². The minimum Gasteiger partial charge on any atom is -0.372 e. The number of aromatic nitrogens is 1. The summed E-state index contributed by atoms with van der Waals surface area (Å²) in [6, 6.07) is 23.7. The fraction of sp³-hybridized carbons (Fsp3) is 0.378. The normalized spacial score (nSPS) is 17.1. The largest absolute Gasteiger partial charge is 0.372 e. The van der Waals surface area contributed by atoms with E-state index in [0.717, 1.165) is 21.3 Å². The summed E-state index contributed by atoms with van der Waals surface area (Å²) < 4.78 is 7.17. The zero-order valence-corrected chi connectivity index (χ0v) is 29.2. The number of nitrogens with one attached hydrogen (secondary N) is 1. The Morgan fingerprint density at radius 1 is 1.02 bits per heavy atom. The lowest BCUT2D eigenvalue weighted by Gasteiger charge is -2.28. The van der Waals surface area contributed by atoms with Crippen molar-refractivity contribution in [3.63, 3.8) is 0 Å². The predicted molar refractivity (Wildman–Crippen MR) is 195 cm³/mol. The van der Waals surface area contributed by atoms with Crippen molar-refractivity contribution in [1.82, 2.24) is 15.2 Å². The molecule has 0 radical (unpaired) electrons. The summed E-state index contributed by atoms with van der Waals surface area (Å²) in [5, 5.41) is 4.17. The number of aryl methyl sites for hydroxylation is 1. The van der Waals surface area contributed by atoms with Crippen LogP contribution in [0.4, 0.5) is 0 Å². The number of hydrogen-bond donors (Lipinski definition) is 3. The van der Waals surface area contributed by atoms with Gasteiger partial charge in [-0.3, -0.25) is 19.4 Å². The van der Waals surface area contributed by atoms with E-state index in [1.54, 1.807) is 24.1 Å². The number of fused-ring (bicyclic) bond motifs is 1. The Kier molecular flexibility index (Phi) is 12.9. The number of nitrogens with zero attached hydrogens (tertiary/aromatic N) is 3. The quantitative estimate of drug-likeness (QED) is 0.0590. The molecular formula is C37H43ClN6O4S. The molecule has 1 amide bonds. The molecule has 0 saturated carbocycles. The number of hydrogen-bond acceptors (Lipinski definition) is 8. The standard InChI is InChI=1S/C37H43ClN6O4S/c1-41-30(18-15-24-8-3-2-4-9-24)36(47)44-22-28(48-23-25-13-16-27(38)17-14-25)21-31(44)32(45)20-26(10-7-19-42-37(39)40)34(46)35-43-29-11-5-6-12-33(29)49-35/h2-6,8-9,11-14,16-17,26,28,30-31,41H,7,10,15,18-23H2,1H3,(H4,39,40,42)/t26-,28-,30-,31+/m1/s1. The molecule has 1 aromatic heterocycles. The minimum absolute atomic E-state index is 0.0266. The predicted octanol–water partition coefficient (Wildman–Crippen LogP) is 5.17. The molecule has 1 aliphatic rings. The van der Waals surface area contributed by atoms with Crippen LogP contribution in [-0.2, 0) is 27.4 Å². The van der Waals surface area contributed by atoms with Crippen LogP contribution in [-0.4, -0.2) is 71.6 Å². The molecule has 5 N–H and O–H groups in total. The van der Waals surface area contributed by atoms with Crippen molar-refractivity contribution >= 4 is 56.6 Å². The highest BCUT2D eigenvalue weighted by atomic mass is 35.5. The van der Waals surface area contributed by atoms with E-state index in [2.05, 4.69) is 15.3 Å². The molecule has 1 fully saturated rings. The number of ketones is 2. The Morgan fingerprint density at radius 3 is 2.47 bits per heavy atom. The van der Waals surface area contributed by atoms with E-state index in [1.165, 1.54) is 11.3 Å². The Morgan fingerprint density at radius 2 is 1.76 bits per heavy atom. The number of likely N-dealkylation sites (tertiary alicyclic amines) is 1. The monoisotopic (exact) mass is 702 g/mol. The lowest BCUT2D eigenvalue weighted by Crippen LogP contribution is -2.50. The second kappa shape index (κ2) is 17.5. The number of aliphatic imine (C=N–C) groups is 1. The van der Waals surface area contributed by atoms with Crippen LogP contribution >= 0.6 is 22.9 Å². The van der Waals surface area contributed by atoms with Gasteiger partial charge in [0.25, 0.3) is 0 Å². The molecule has 4 aromatic rings. The fourth-order valence-corrected chi connectivity index (χ4v) is 7.32. The number of halogens is 1. The molecule has 12 heteroatoms. The van der Waals surface area contributed by atoms with E-state index < -0.39 is 18.0 Å². The summed E-state index contributed by atoms with van der Waals surface area (Å²) >= 11 is 7.38. The van der Waals surface area contributed by atoms with Crippen LogP contribution in [0.3, 0.4) is 0 Å². The number of amides is 1. The lowest BCUT2D eigenvalue weighted by atomic mass is 9.89. The first-order chi connectivity index (χ1) is 23.7. The summed E-state index contributed by atoms with van der Waals surface area (Å²) in [7, 11) is 1.76. The van der Waals surface area contributed by atoms with Gasteiger partial charge in [0.15, 0.2) is 22.5 Å². The first-order valence-electron chi connectivity index (χ1n) is 16.6. The maximum absolute atomic E-state index is 14.2. The van der Waals surface area contributed by atoms with Crippen molar-refractivity contribution in [2.45, 2.75) is 63.3 Å². The van der Waals surface area contributed by atoms with Crippen molar-refractivity contribution in [3.8, 4) is 0 Å². The van der Waals surface area contributed by atoms with Crippen molar-refractivity contribution in [1.29, 1.82) is 0 Å². The van der Waals surface area contributed by atoms with Crippen molar-refractivity contribution < 1.29 is 19.1 Å². The number of nitrogens with two attached hydrogens (primary N) is 2. The topological polar surface area (TPSA) is 153 Å². The van der Waals surface area contributed by atoms with E-state index >= 15 is 0 Å². The number of likely N-dealkylation sites (N-methyl/N-ethyl adjacent to an activating group) is 1. The number of Topliss-reactive ketones (excluding diaryl/α,β-unsaturated/α-hetero) is 2. The summed E-state index contributed by atoms with van der Waals surface area (Å²) in [5.41, 5.74) is 13.8. The third kappa shape index (κ3) is 9.95. The summed E-state index contributed by atoms with van der Waals surface area (Å²) in [4.78, 5) is 52.6. The summed E-state index contributed by atoms with van der Waals surface area (Å²) in [6.45, 7) is 0.922. The minimum atomic E-state index is -0.737. The van der Waals surface area contributed by atoms with Crippen LogP contribution in [0.2, 0.25) is 5.02 Å². The summed E-state index contributed by atoms with van der Waals surface area (Å²) in [5.74, 6) is -1.20. The Balaban J connectivity index is 1.35. The van der Waals surface area contributed by atoms with E-state index in [4.69, 9.17) is 27.8 Å². The SMILES string of the molecule is CN[C@H](CCc1ccccc1)C(=O)N1C[C@H](OCc2ccc(Cl)cc2)C[C@H]1C(=O)C[C@@H](CCCN=C(N)N)C(=O)c1nc2ccccc2s1. The van der Waals surface area contributed by atoms with Crippen LogP contribution in [0.5, 0.6) is 0 Å². The molecule has 5 rings (SSSR count). The smallest absolute Gasteiger partial charge is 0.240 e. The van der Waals surface area contributed by atoms with Gasteiger partial charge in [-0.1, -0.05) is 66.2 Å².